The number of benzene rings is 2. The molecule has 0 N–H and O–H groups in total. The first-order chi connectivity index (χ1) is 14.4. The summed E-state index contributed by atoms with van der Waals surface area (Å²) in [6.07, 6.45) is 1.74. The third-order valence-electron chi connectivity index (χ3n) is 5.34. The van der Waals surface area contributed by atoms with Gasteiger partial charge >= 0.3 is 0 Å². The van der Waals surface area contributed by atoms with Gasteiger partial charge in [-0.15, -0.1) is 5.10 Å². The van der Waals surface area contributed by atoms with E-state index in [9.17, 15) is 4.79 Å². The molecule has 0 unspecified atom stereocenters. The number of allylic oxidation sites excluding steroid dienone is 2. The van der Waals surface area contributed by atoms with Crippen molar-refractivity contribution in [2.24, 2.45) is 0 Å². The summed E-state index contributed by atoms with van der Waals surface area (Å²) in [5, 5.41) is 12.4. The number of aromatic nitrogens is 4. The molecule has 0 atom stereocenters. The number of hydrogen-bond donors (Lipinski definition) is 0. The van der Waals surface area contributed by atoms with Gasteiger partial charge in [0, 0.05) is 29.9 Å². The largest absolute Gasteiger partial charge is 0.497 e. The van der Waals surface area contributed by atoms with E-state index in [0.717, 1.165) is 22.8 Å². The van der Waals surface area contributed by atoms with E-state index < -0.39 is 0 Å². The molecular weight excluding hydrogens is 398 g/mol. The zero-order valence-corrected chi connectivity index (χ0v) is 18.2. The number of methoxy groups -OCH3 is 1. The Morgan fingerprint density at radius 2 is 1.90 bits per heavy atom. The van der Waals surface area contributed by atoms with Gasteiger partial charge in [-0.25, -0.2) is 0 Å². The first-order valence-electron chi connectivity index (χ1n) is 9.55. The minimum absolute atomic E-state index is 0.0204. The van der Waals surface area contributed by atoms with Crippen LogP contribution < -0.4 is 9.64 Å². The number of carbonyl (C=O) groups excluding carboxylic acids is 1. The molecule has 0 aliphatic carbocycles. The van der Waals surface area contributed by atoms with E-state index >= 15 is 0 Å². The van der Waals surface area contributed by atoms with Crippen molar-refractivity contribution in [3.63, 3.8) is 0 Å². The first kappa shape index (κ1) is 20.2. The maximum Gasteiger partial charge on any atom is 0.214 e. The van der Waals surface area contributed by atoms with Crippen molar-refractivity contribution in [1.29, 1.82) is 0 Å². The van der Waals surface area contributed by atoms with E-state index in [1.807, 2.05) is 43.4 Å². The Bertz CT molecular complexity index is 1100. The van der Waals surface area contributed by atoms with Gasteiger partial charge < -0.3 is 9.64 Å². The van der Waals surface area contributed by atoms with Crippen molar-refractivity contribution in [1.82, 2.24) is 20.2 Å². The first-order valence-corrected chi connectivity index (χ1v) is 10.5. The van der Waals surface area contributed by atoms with E-state index in [1.54, 1.807) is 17.9 Å². The predicted molar refractivity (Wildman–Crippen MR) is 117 cm³/mol. The van der Waals surface area contributed by atoms with Crippen LogP contribution in [0.4, 0.5) is 5.69 Å². The monoisotopic (exact) mass is 421 g/mol. The second-order valence-corrected chi connectivity index (χ2v) is 8.50. The number of fused-ring (bicyclic) bond motifs is 1. The summed E-state index contributed by atoms with van der Waals surface area (Å²) in [7, 11) is 3.62. The van der Waals surface area contributed by atoms with Crippen molar-refractivity contribution in [3.8, 4) is 11.4 Å². The fourth-order valence-electron chi connectivity index (χ4n) is 3.74. The number of nitrogens with zero attached hydrogens (tertiary/aromatic N) is 5. The highest BCUT2D eigenvalue weighted by Crippen LogP contribution is 2.46. The van der Waals surface area contributed by atoms with Gasteiger partial charge in [0.2, 0.25) is 5.16 Å². The van der Waals surface area contributed by atoms with Crippen LogP contribution in [-0.2, 0) is 10.2 Å². The van der Waals surface area contributed by atoms with Gasteiger partial charge in [-0.05, 0) is 46.3 Å². The van der Waals surface area contributed by atoms with Crippen LogP contribution in [0.2, 0.25) is 0 Å². The van der Waals surface area contributed by atoms with Gasteiger partial charge in [0.1, 0.15) is 5.75 Å². The minimum Gasteiger partial charge on any atom is -0.497 e. The van der Waals surface area contributed by atoms with Crippen LogP contribution in [0, 0.1) is 0 Å². The standard InChI is InChI=1S/C22H23N5O2S/c1-22(2)18-7-5-6-8-19(18)26(3)20(22)13-16(28)14-30-21-23-24-25-27(21)15-9-11-17(29-4)12-10-15/h5-13H,14H2,1-4H3/b20-13+. The molecule has 0 saturated carbocycles. The van der Waals surface area contributed by atoms with Crippen LogP contribution in [0.15, 0.2) is 65.5 Å². The number of likely N-dealkylation sites (N-methyl/N-ethyl adjacent to an activating group) is 1. The Morgan fingerprint density at radius 1 is 1.17 bits per heavy atom. The molecular formula is C22H23N5O2S. The van der Waals surface area contributed by atoms with Crippen LogP contribution in [0.5, 0.6) is 5.75 Å². The van der Waals surface area contributed by atoms with Crippen LogP contribution in [-0.4, -0.2) is 45.9 Å². The van der Waals surface area contributed by atoms with Crippen LogP contribution in [0.3, 0.4) is 0 Å². The molecule has 1 aliphatic heterocycles. The molecule has 2 heterocycles. The van der Waals surface area contributed by atoms with Crippen LogP contribution >= 0.6 is 11.8 Å². The summed E-state index contributed by atoms with van der Waals surface area (Å²) in [5.41, 5.74) is 3.93. The third-order valence-corrected chi connectivity index (χ3v) is 6.28. The highest BCUT2D eigenvalue weighted by molar-refractivity contribution is 7.99. The summed E-state index contributed by atoms with van der Waals surface area (Å²) in [6.45, 7) is 4.29. The Balaban J connectivity index is 1.49. The van der Waals surface area contributed by atoms with Gasteiger partial charge in [0.25, 0.3) is 0 Å². The summed E-state index contributed by atoms with van der Waals surface area (Å²) in [5.74, 6) is 1.03. The maximum absolute atomic E-state index is 12.8. The van der Waals surface area contributed by atoms with Crippen molar-refractivity contribution in [2.45, 2.75) is 24.4 Å². The Labute approximate surface area is 179 Å². The summed E-state index contributed by atoms with van der Waals surface area (Å²) in [4.78, 5) is 14.9. The summed E-state index contributed by atoms with van der Waals surface area (Å²) < 4.78 is 6.80. The molecule has 4 rings (SSSR count). The van der Waals surface area contributed by atoms with E-state index in [1.165, 1.54) is 17.3 Å². The zero-order chi connectivity index (χ0) is 21.3. The number of ketones is 1. The van der Waals surface area contributed by atoms with E-state index in [2.05, 4.69) is 46.4 Å². The van der Waals surface area contributed by atoms with E-state index in [0.29, 0.717) is 5.16 Å². The lowest BCUT2D eigenvalue weighted by molar-refractivity contribution is -0.112. The number of thioether (sulfide) groups is 1. The fraction of sp³-hybridized carbons (Fsp3) is 0.273. The number of carbonyl (C=O) groups is 1. The average molecular weight is 422 g/mol. The molecule has 3 aromatic rings. The number of para-hydroxylation sites is 1. The average Bonchev–Trinajstić information content (AvgIpc) is 3.30. The maximum atomic E-state index is 12.8. The minimum atomic E-state index is -0.226. The quantitative estimate of drug-likeness (QED) is 0.444. The van der Waals surface area contributed by atoms with Crippen molar-refractivity contribution in [3.05, 3.63) is 65.9 Å². The molecule has 8 heteroatoms. The van der Waals surface area contributed by atoms with Crippen LogP contribution in [0.1, 0.15) is 19.4 Å². The second kappa shape index (κ2) is 7.95. The fourth-order valence-corrected chi connectivity index (χ4v) is 4.46. The number of anilines is 1. The number of rotatable bonds is 6. The van der Waals surface area contributed by atoms with Gasteiger partial charge in [-0.2, -0.15) is 4.68 Å². The normalized spacial score (nSPS) is 16.0. The smallest absolute Gasteiger partial charge is 0.214 e. The topological polar surface area (TPSA) is 73.1 Å². The predicted octanol–water partition coefficient (Wildman–Crippen LogP) is 3.64. The second-order valence-electron chi connectivity index (χ2n) is 7.56. The van der Waals surface area contributed by atoms with Crippen LogP contribution in [0.25, 0.3) is 5.69 Å². The SMILES string of the molecule is COc1ccc(-n2nnnc2SCC(=O)/C=C2/N(C)c3ccccc3C2(C)C)cc1. The van der Waals surface area contributed by atoms with Gasteiger partial charge in [0.15, 0.2) is 5.78 Å². The van der Waals surface area contributed by atoms with E-state index in [-0.39, 0.29) is 17.0 Å². The molecule has 0 radical (unpaired) electrons. The number of ether oxygens (including phenoxy) is 1. The molecule has 0 saturated heterocycles. The molecule has 0 spiro atoms. The van der Waals surface area contributed by atoms with E-state index in [4.69, 9.17) is 4.74 Å². The zero-order valence-electron chi connectivity index (χ0n) is 17.4. The lowest BCUT2D eigenvalue weighted by Gasteiger charge is -2.23. The third kappa shape index (κ3) is 3.59. The Hall–Kier alpha value is -3.13. The highest BCUT2D eigenvalue weighted by atomic mass is 32.2. The summed E-state index contributed by atoms with van der Waals surface area (Å²) >= 11 is 1.32. The van der Waals surface area contributed by atoms with Gasteiger partial charge in [-0.1, -0.05) is 43.8 Å². The molecule has 7 nitrogen and oxygen atoms in total. The Morgan fingerprint density at radius 3 is 2.60 bits per heavy atom. The molecule has 0 amide bonds. The number of tetrazole rings is 1. The Kier molecular flexibility index (Phi) is 5.34. The number of hydrogen-bond acceptors (Lipinski definition) is 7. The molecule has 30 heavy (non-hydrogen) atoms. The lowest BCUT2D eigenvalue weighted by atomic mass is 9.83. The van der Waals surface area contributed by atoms with Gasteiger partial charge in [0.05, 0.1) is 18.6 Å². The molecule has 0 fully saturated rings. The van der Waals surface area contributed by atoms with Gasteiger partial charge in [-0.3, -0.25) is 4.79 Å². The highest BCUT2D eigenvalue weighted by Gasteiger charge is 2.38. The van der Waals surface area contributed by atoms with Crippen molar-refractivity contribution >= 4 is 23.2 Å². The molecule has 154 valence electrons. The molecule has 1 aliphatic rings. The van der Waals surface area contributed by atoms with Crippen molar-refractivity contribution in [2.75, 3.05) is 24.8 Å². The molecule has 1 aromatic heterocycles. The molecule has 2 aromatic carbocycles. The lowest BCUT2D eigenvalue weighted by Crippen LogP contribution is -2.24. The molecule has 0 bridgehead atoms. The summed E-state index contributed by atoms with van der Waals surface area (Å²) in [6, 6.07) is 15.7. The van der Waals surface area contributed by atoms with Crippen molar-refractivity contribution < 1.29 is 9.53 Å².